The number of rotatable bonds is 5. The Morgan fingerprint density at radius 1 is 1.21 bits per heavy atom. The van der Waals surface area contributed by atoms with Crippen molar-refractivity contribution in [3.63, 3.8) is 0 Å². The molecule has 1 aromatic heterocycles. The molecule has 1 aliphatic heterocycles. The summed E-state index contributed by atoms with van der Waals surface area (Å²) >= 11 is 3.53. The molecule has 0 aliphatic carbocycles. The largest absolute Gasteiger partial charge is 0.358 e. The van der Waals surface area contributed by atoms with Crippen molar-refractivity contribution in [3.8, 4) is 0 Å². The third-order valence-corrected chi connectivity index (χ3v) is 6.43. The molecule has 0 unspecified atom stereocenters. The van der Waals surface area contributed by atoms with Crippen LogP contribution >= 0.6 is 15.9 Å². The van der Waals surface area contributed by atoms with E-state index in [1.165, 1.54) is 11.3 Å². The topological polar surface area (TPSA) is 82.3 Å². The van der Waals surface area contributed by atoms with E-state index >= 15 is 0 Å². The molecule has 2 aromatic carbocycles. The molecule has 0 fully saturated rings. The Bertz CT molecular complexity index is 1170. The molecule has 0 atom stereocenters. The highest BCUT2D eigenvalue weighted by atomic mass is 79.9. The molecular formula is C21H22BrN3O3S. The van der Waals surface area contributed by atoms with E-state index in [-0.39, 0.29) is 5.91 Å². The normalized spacial score (nSPS) is 14.2. The Hall–Kier alpha value is -2.16. The number of carbonyl (C=O) groups excluding carboxylic acids is 1. The highest BCUT2D eigenvalue weighted by Crippen LogP contribution is 2.30. The number of amides is 1. The number of hydrogen-bond acceptors (Lipinski definition) is 3. The lowest BCUT2D eigenvalue weighted by Crippen LogP contribution is -2.35. The Labute approximate surface area is 178 Å². The monoisotopic (exact) mass is 475 g/mol. The number of sulfonamides is 1. The van der Waals surface area contributed by atoms with E-state index in [9.17, 15) is 13.2 Å². The van der Waals surface area contributed by atoms with E-state index in [0.29, 0.717) is 31.6 Å². The molecule has 2 heterocycles. The van der Waals surface area contributed by atoms with Crippen molar-refractivity contribution in [2.45, 2.75) is 19.4 Å². The van der Waals surface area contributed by atoms with Gasteiger partial charge in [-0.15, -0.1) is 0 Å². The van der Waals surface area contributed by atoms with Crippen molar-refractivity contribution in [1.29, 1.82) is 0 Å². The maximum Gasteiger partial charge on any atom is 0.254 e. The van der Waals surface area contributed by atoms with Gasteiger partial charge in [0.25, 0.3) is 5.91 Å². The van der Waals surface area contributed by atoms with Gasteiger partial charge in [-0.2, -0.15) is 0 Å². The van der Waals surface area contributed by atoms with Gasteiger partial charge in [-0.3, -0.25) is 4.79 Å². The molecule has 4 rings (SSSR count). The molecule has 0 bridgehead atoms. The van der Waals surface area contributed by atoms with Gasteiger partial charge in [0.2, 0.25) is 10.0 Å². The molecule has 3 aromatic rings. The van der Waals surface area contributed by atoms with E-state index in [2.05, 4.69) is 37.8 Å². The number of benzene rings is 2. The summed E-state index contributed by atoms with van der Waals surface area (Å²) in [5.74, 6) is 0.0146. The maximum absolute atomic E-state index is 13.0. The van der Waals surface area contributed by atoms with Crippen molar-refractivity contribution >= 4 is 42.8 Å². The standard InChI is InChI=1S/C21H22BrN3O3S/c1-29(27,28)23-10-8-14-2-4-15(5-3-14)21(26)25-11-9-20-18(13-25)17-12-16(22)6-7-19(17)24-20/h2-7,12,23-24H,8-11,13H2,1H3. The minimum absolute atomic E-state index is 0.0146. The molecule has 0 saturated heterocycles. The first-order valence-electron chi connectivity index (χ1n) is 9.42. The molecule has 29 heavy (non-hydrogen) atoms. The van der Waals surface area contributed by atoms with Crippen LogP contribution in [0.25, 0.3) is 10.9 Å². The fraction of sp³-hybridized carbons (Fsp3) is 0.286. The summed E-state index contributed by atoms with van der Waals surface area (Å²) < 4.78 is 25.8. The number of aromatic nitrogens is 1. The van der Waals surface area contributed by atoms with Gasteiger partial charge < -0.3 is 9.88 Å². The van der Waals surface area contributed by atoms with E-state index < -0.39 is 10.0 Å². The van der Waals surface area contributed by atoms with Gasteiger partial charge >= 0.3 is 0 Å². The Kier molecular flexibility index (Phi) is 5.50. The van der Waals surface area contributed by atoms with Crippen LogP contribution in [-0.2, 0) is 29.4 Å². The van der Waals surface area contributed by atoms with Gasteiger partial charge in [0.05, 0.1) is 6.26 Å². The summed E-state index contributed by atoms with van der Waals surface area (Å²) in [6.45, 7) is 1.61. The SMILES string of the molecule is CS(=O)(=O)NCCc1ccc(C(=O)N2CCc3[nH]c4ccc(Br)cc4c3C2)cc1. The molecule has 6 nitrogen and oxygen atoms in total. The van der Waals surface area contributed by atoms with Crippen LogP contribution in [0.2, 0.25) is 0 Å². The number of nitrogens with one attached hydrogen (secondary N) is 2. The van der Waals surface area contributed by atoms with Crippen LogP contribution in [0.3, 0.4) is 0 Å². The minimum Gasteiger partial charge on any atom is -0.358 e. The minimum atomic E-state index is -3.18. The number of fused-ring (bicyclic) bond motifs is 3. The summed E-state index contributed by atoms with van der Waals surface area (Å²) in [6, 6.07) is 13.6. The number of H-pyrrole nitrogens is 1. The Morgan fingerprint density at radius 2 is 1.97 bits per heavy atom. The summed E-state index contributed by atoms with van der Waals surface area (Å²) in [5.41, 5.74) is 5.12. The van der Waals surface area contributed by atoms with Gasteiger partial charge in [0.15, 0.2) is 0 Å². The van der Waals surface area contributed by atoms with Crippen LogP contribution in [0.5, 0.6) is 0 Å². The molecule has 1 aliphatic rings. The number of carbonyl (C=O) groups is 1. The molecule has 0 spiro atoms. The zero-order valence-corrected chi connectivity index (χ0v) is 18.4. The third kappa shape index (κ3) is 4.55. The van der Waals surface area contributed by atoms with Gasteiger partial charge in [0, 0.05) is 58.3 Å². The van der Waals surface area contributed by atoms with Crippen LogP contribution in [0.1, 0.15) is 27.2 Å². The fourth-order valence-electron chi connectivity index (χ4n) is 3.74. The zero-order valence-electron chi connectivity index (χ0n) is 16.0. The van der Waals surface area contributed by atoms with Gasteiger partial charge in [-0.25, -0.2) is 13.1 Å². The van der Waals surface area contributed by atoms with E-state index in [1.54, 1.807) is 0 Å². The first kappa shape index (κ1) is 20.1. The molecule has 1 amide bonds. The quantitative estimate of drug-likeness (QED) is 0.594. The highest BCUT2D eigenvalue weighted by molar-refractivity contribution is 9.10. The van der Waals surface area contributed by atoms with Crippen molar-refractivity contribution in [3.05, 3.63) is 69.3 Å². The molecule has 2 N–H and O–H groups in total. The summed E-state index contributed by atoms with van der Waals surface area (Å²) in [6.07, 6.45) is 2.53. The van der Waals surface area contributed by atoms with Crippen LogP contribution in [0, 0.1) is 0 Å². The van der Waals surface area contributed by atoms with Crippen LogP contribution in [-0.4, -0.2) is 43.6 Å². The average molecular weight is 476 g/mol. The lowest BCUT2D eigenvalue weighted by Gasteiger charge is -2.27. The molecular weight excluding hydrogens is 454 g/mol. The summed E-state index contributed by atoms with van der Waals surface area (Å²) in [5, 5.41) is 1.15. The molecule has 8 heteroatoms. The molecule has 0 saturated carbocycles. The van der Waals surface area contributed by atoms with Crippen molar-refractivity contribution in [1.82, 2.24) is 14.6 Å². The fourth-order valence-corrected chi connectivity index (χ4v) is 4.57. The van der Waals surface area contributed by atoms with Gasteiger partial charge in [0.1, 0.15) is 0 Å². The first-order valence-corrected chi connectivity index (χ1v) is 12.1. The van der Waals surface area contributed by atoms with Crippen molar-refractivity contribution in [2.24, 2.45) is 0 Å². The first-order chi connectivity index (χ1) is 13.8. The van der Waals surface area contributed by atoms with Crippen LogP contribution in [0.4, 0.5) is 0 Å². The second-order valence-electron chi connectivity index (χ2n) is 7.36. The molecule has 0 radical (unpaired) electrons. The zero-order chi connectivity index (χ0) is 20.6. The van der Waals surface area contributed by atoms with Crippen molar-refractivity contribution in [2.75, 3.05) is 19.3 Å². The lowest BCUT2D eigenvalue weighted by molar-refractivity contribution is 0.0735. The van der Waals surface area contributed by atoms with Crippen LogP contribution in [0.15, 0.2) is 46.9 Å². The van der Waals surface area contributed by atoms with E-state index in [4.69, 9.17) is 0 Å². The summed E-state index contributed by atoms with van der Waals surface area (Å²) in [7, 11) is -3.18. The predicted molar refractivity (Wildman–Crippen MR) is 117 cm³/mol. The highest BCUT2D eigenvalue weighted by Gasteiger charge is 2.24. The number of hydrogen-bond donors (Lipinski definition) is 2. The van der Waals surface area contributed by atoms with Gasteiger partial charge in [-0.05, 0) is 42.3 Å². The second-order valence-corrected chi connectivity index (χ2v) is 10.1. The number of nitrogens with zero attached hydrogens (tertiary/aromatic N) is 1. The van der Waals surface area contributed by atoms with Crippen molar-refractivity contribution < 1.29 is 13.2 Å². The van der Waals surface area contributed by atoms with Crippen LogP contribution < -0.4 is 4.72 Å². The third-order valence-electron chi connectivity index (χ3n) is 5.20. The Balaban J connectivity index is 1.46. The number of aromatic amines is 1. The predicted octanol–water partition coefficient (Wildman–Crippen LogP) is 3.22. The lowest BCUT2D eigenvalue weighted by atomic mass is 10.0. The maximum atomic E-state index is 13.0. The number of halogens is 1. The smallest absolute Gasteiger partial charge is 0.254 e. The van der Waals surface area contributed by atoms with E-state index in [0.717, 1.165) is 33.6 Å². The Morgan fingerprint density at radius 3 is 2.69 bits per heavy atom. The summed E-state index contributed by atoms with van der Waals surface area (Å²) in [4.78, 5) is 18.4. The van der Waals surface area contributed by atoms with Gasteiger partial charge in [-0.1, -0.05) is 28.1 Å². The van der Waals surface area contributed by atoms with E-state index in [1.807, 2.05) is 35.2 Å². The average Bonchev–Trinajstić information content (AvgIpc) is 3.04. The molecule has 152 valence electrons. The second kappa shape index (κ2) is 7.93.